The van der Waals surface area contributed by atoms with E-state index in [-0.39, 0.29) is 117 Å². The number of fused-ring (bicyclic) bond motifs is 8. The van der Waals surface area contributed by atoms with Crippen LogP contribution >= 0.6 is 0 Å². The molecule has 1 aliphatic rings. The van der Waals surface area contributed by atoms with Gasteiger partial charge in [-0.25, -0.2) is 36.5 Å². The molecule has 4 N–H and O–H groups in total. The van der Waals surface area contributed by atoms with Crippen molar-refractivity contribution < 1.29 is 107 Å². The molecule has 0 atom stereocenters. The van der Waals surface area contributed by atoms with Gasteiger partial charge in [-0.05, 0) is 115 Å². The van der Waals surface area contributed by atoms with Crippen LogP contribution in [0.4, 0.5) is 0 Å². The molecule has 0 saturated carbocycles. The molecule has 0 fully saturated rings. The number of phenolic OH excluding ortho intramolecular Hbond substituents is 4. The molecule has 9 rings (SSSR count). The molecule has 8 aromatic rings. The Morgan fingerprint density at radius 3 is 0.656 bits per heavy atom. The Morgan fingerprint density at radius 1 is 0.344 bits per heavy atom. The van der Waals surface area contributed by atoms with E-state index in [9.17, 15) is 20.4 Å². The van der Waals surface area contributed by atoms with Crippen molar-refractivity contribution in [3.05, 3.63) is 190 Å². The highest BCUT2D eigenvalue weighted by atomic mass is 79.9. The van der Waals surface area contributed by atoms with Crippen LogP contribution in [0.5, 0.6) is 23.0 Å². The lowest BCUT2D eigenvalue weighted by atomic mass is 9.88. The van der Waals surface area contributed by atoms with Crippen molar-refractivity contribution in [3.8, 4) is 23.0 Å². The first-order chi connectivity index (χ1) is 28.9. The molecule has 1 aliphatic carbocycles. The van der Waals surface area contributed by atoms with Crippen LogP contribution in [0, 0.1) is 0 Å². The Balaban J connectivity index is 0.00000193. The number of hydrogen-bond acceptors (Lipinski definition) is 4. The first kappa shape index (κ1) is 49.8. The van der Waals surface area contributed by atoms with E-state index >= 15 is 0 Å². The van der Waals surface area contributed by atoms with Gasteiger partial charge >= 0.3 is 0 Å². The Bertz CT molecular complexity index is 2430. The maximum absolute atomic E-state index is 12.2. The minimum absolute atomic E-state index is 0. The van der Waals surface area contributed by atoms with E-state index in [4.69, 9.17) is 0 Å². The highest BCUT2D eigenvalue weighted by Gasteiger charge is 2.23. The predicted molar refractivity (Wildman–Crippen MR) is 222 cm³/mol. The summed E-state index contributed by atoms with van der Waals surface area (Å²) in [6.07, 6.45) is 25.2. The summed E-state index contributed by atoms with van der Waals surface area (Å²) in [6.45, 7) is 2.29. The van der Waals surface area contributed by atoms with Gasteiger partial charge in [-0.3, -0.25) is 0 Å². The fourth-order valence-electron chi connectivity index (χ4n) is 8.82. The lowest BCUT2D eigenvalue weighted by Gasteiger charge is -2.20. The summed E-state index contributed by atoms with van der Waals surface area (Å²) in [4.78, 5) is 0. The van der Waals surface area contributed by atoms with Crippen LogP contribution < -0.4 is 86.2 Å². The number of aromatic nitrogens is 8. The van der Waals surface area contributed by atoms with Gasteiger partial charge < -0.3 is 88.4 Å². The number of hydrogen-bond donors (Lipinski definition) is 4. The minimum Gasteiger partial charge on any atom is -1.00 e. The predicted octanol–water partition coefficient (Wildman–Crippen LogP) is -8.10. The van der Waals surface area contributed by atoms with E-state index in [0.29, 0.717) is 70.7 Å². The zero-order valence-electron chi connectivity index (χ0n) is 36.1. The third-order valence-corrected chi connectivity index (χ3v) is 11.6. The van der Waals surface area contributed by atoms with Crippen molar-refractivity contribution in [2.75, 3.05) is 0 Å². The zero-order valence-corrected chi connectivity index (χ0v) is 42.4. The van der Waals surface area contributed by atoms with Crippen molar-refractivity contribution >= 4 is 0 Å². The van der Waals surface area contributed by atoms with Gasteiger partial charge in [-0.1, -0.05) is 0 Å². The molecule has 4 aromatic heterocycles. The summed E-state index contributed by atoms with van der Waals surface area (Å²) in [6, 6.07) is 16.2. The second kappa shape index (κ2) is 20.8. The van der Waals surface area contributed by atoms with Crippen LogP contribution in [0.25, 0.3) is 0 Å². The van der Waals surface area contributed by atoms with E-state index in [1.807, 2.05) is 170 Å². The number of aryl methyl sites for hydroxylation is 4. The molecule has 0 radical (unpaired) electrons. The lowest BCUT2D eigenvalue weighted by Crippen LogP contribution is -3.00. The summed E-state index contributed by atoms with van der Waals surface area (Å²) in [5, 5.41) is 48.7. The number of benzene rings is 4. The Kier molecular flexibility index (Phi) is 16.2. The smallest absolute Gasteiger partial charge is 0.243 e. The molecule has 12 nitrogen and oxygen atoms in total. The van der Waals surface area contributed by atoms with Crippen molar-refractivity contribution in [2.24, 2.45) is 28.2 Å². The summed E-state index contributed by atoms with van der Waals surface area (Å²) in [5.74, 6) is 0.564. The van der Waals surface area contributed by atoms with Gasteiger partial charge in [0.1, 0.15) is 98.8 Å². The zero-order chi connectivity index (χ0) is 41.7. The first-order valence-corrected chi connectivity index (χ1v) is 20.3. The van der Waals surface area contributed by atoms with E-state index in [2.05, 4.69) is 18.3 Å². The average Bonchev–Trinajstić information content (AvgIpc) is 4.01. The molecule has 4 aromatic carbocycles. The van der Waals surface area contributed by atoms with Crippen molar-refractivity contribution in [1.82, 2.24) is 18.3 Å². The molecule has 64 heavy (non-hydrogen) atoms. The standard InChI is InChI=1S/C48H48N8O4.4BrH/c1-49-5-9-53(29-49)25-33-13-37-21-39-15-34(26-54-10-6-50(2)30-54)17-41(46(39)58)23-43-19-36(28-56-12-8-52(4)32-56)20-44(48(43)60)24-42-18-35(27-55-11-7-51(3)31-55)16-40(47(42)59)22-38(14-33)45(37)57;;;;/h5-20,29-32H,21-28H2,1-4H3;4*1H. The highest BCUT2D eigenvalue weighted by Crippen LogP contribution is 2.39. The molecule has 0 unspecified atom stereocenters. The van der Waals surface area contributed by atoms with Gasteiger partial charge in [-0.15, -0.1) is 0 Å². The van der Waals surface area contributed by atoms with Crippen molar-refractivity contribution in [2.45, 2.75) is 51.9 Å². The van der Waals surface area contributed by atoms with E-state index in [1.54, 1.807) is 0 Å². The van der Waals surface area contributed by atoms with Crippen LogP contribution in [0.15, 0.2) is 123 Å². The van der Waals surface area contributed by atoms with Crippen LogP contribution in [-0.4, -0.2) is 38.7 Å². The largest absolute Gasteiger partial charge is 1.00 e. The summed E-state index contributed by atoms with van der Waals surface area (Å²) in [7, 11) is 7.94. The maximum Gasteiger partial charge on any atom is 0.243 e. The van der Waals surface area contributed by atoms with Gasteiger partial charge in [0.15, 0.2) is 0 Å². The van der Waals surface area contributed by atoms with Crippen LogP contribution in [0.1, 0.15) is 66.8 Å². The summed E-state index contributed by atoms with van der Waals surface area (Å²) >= 11 is 0. The molecular weight excluding hydrogens is 1070 g/mol. The molecule has 336 valence electrons. The van der Waals surface area contributed by atoms with Crippen LogP contribution in [0.3, 0.4) is 0 Å². The molecule has 8 bridgehead atoms. The Morgan fingerprint density at radius 2 is 0.516 bits per heavy atom. The number of halogens is 4. The average molecular weight is 1120 g/mol. The molecule has 0 aliphatic heterocycles. The summed E-state index contributed by atoms with van der Waals surface area (Å²) in [5.41, 5.74) is 9.41. The molecule has 0 saturated heterocycles. The van der Waals surface area contributed by atoms with Gasteiger partial charge in [0.2, 0.25) is 25.3 Å². The van der Waals surface area contributed by atoms with Gasteiger partial charge in [0.25, 0.3) is 0 Å². The fourth-order valence-corrected chi connectivity index (χ4v) is 8.82. The Labute approximate surface area is 415 Å². The highest BCUT2D eigenvalue weighted by molar-refractivity contribution is 5.57. The lowest BCUT2D eigenvalue weighted by molar-refractivity contribution is -0.671. The van der Waals surface area contributed by atoms with Gasteiger partial charge in [0.05, 0.1) is 28.2 Å². The summed E-state index contributed by atoms with van der Waals surface area (Å²) < 4.78 is 16.4. The number of rotatable bonds is 8. The maximum atomic E-state index is 12.2. The van der Waals surface area contributed by atoms with Gasteiger partial charge in [-0.2, -0.15) is 0 Å². The number of imidazole rings is 4. The van der Waals surface area contributed by atoms with Crippen molar-refractivity contribution in [3.63, 3.8) is 0 Å². The number of aromatic hydroxyl groups is 4. The van der Waals surface area contributed by atoms with Crippen LogP contribution in [0.2, 0.25) is 0 Å². The fraction of sp³-hybridized carbons (Fsp3) is 0.250. The monoisotopic (exact) mass is 1120 g/mol. The Hall–Kier alpha value is -5.16. The third-order valence-electron chi connectivity index (χ3n) is 11.6. The molecule has 0 amide bonds. The van der Waals surface area contributed by atoms with E-state index < -0.39 is 0 Å². The second-order valence-electron chi connectivity index (χ2n) is 16.8. The SMILES string of the molecule is C[n+]1ccn(Cc2cc3c(O)c(c2)Cc2cc(Cn4cc[n+](C)c4)cc(c2O)Cc2cc(Cn4cc[n+](C)c4)cc(c2O)Cc2cc(Cn4cc[n+](C)c4)cc(c2O)C3)c1.[Br-].[Br-].[Br-].[Br-]. The van der Waals surface area contributed by atoms with E-state index in [0.717, 1.165) is 22.3 Å². The number of nitrogens with zero attached hydrogens (tertiary/aromatic N) is 8. The van der Waals surface area contributed by atoms with Crippen molar-refractivity contribution in [1.29, 1.82) is 0 Å². The third kappa shape index (κ3) is 11.0. The molecular formula is C48H52Br4N8O4. The van der Waals surface area contributed by atoms with E-state index in [1.165, 1.54) is 0 Å². The minimum atomic E-state index is 0. The van der Waals surface area contributed by atoms with Gasteiger partial charge in [0, 0.05) is 25.7 Å². The quantitative estimate of drug-likeness (QED) is 0.113. The normalized spacial score (nSPS) is 11.8. The number of phenols is 4. The first-order valence-electron chi connectivity index (χ1n) is 20.3. The molecule has 16 heteroatoms. The topological polar surface area (TPSA) is 116 Å². The molecule has 4 heterocycles. The second-order valence-corrected chi connectivity index (χ2v) is 16.8. The van der Waals surface area contributed by atoms with Crippen LogP contribution in [-0.2, 0) is 80.1 Å². The molecule has 0 spiro atoms.